The van der Waals surface area contributed by atoms with Gasteiger partial charge in [-0.2, -0.15) is 0 Å². The fourth-order valence-corrected chi connectivity index (χ4v) is 5.03. The van der Waals surface area contributed by atoms with E-state index < -0.39 is 0 Å². The Morgan fingerprint density at radius 1 is 0.529 bits per heavy atom. The lowest BCUT2D eigenvalue weighted by molar-refractivity contribution is 0.566. The number of hydrogen-bond acceptors (Lipinski definition) is 0. The summed E-state index contributed by atoms with van der Waals surface area (Å²) in [6.07, 6.45) is 4.74. The third kappa shape index (κ3) is 5.76. The molecule has 0 amide bonds. The van der Waals surface area contributed by atoms with Gasteiger partial charge in [0.15, 0.2) is 0 Å². The third-order valence-electron chi connectivity index (χ3n) is 7.12. The van der Waals surface area contributed by atoms with Crippen LogP contribution in [-0.4, -0.2) is 0 Å². The predicted molar refractivity (Wildman–Crippen MR) is 156 cm³/mol. The molecule has 3 rings (SSSR count). The van der Waals surface area contributed by atoms with Gasteiger partial charge >= 0.3 is 0 Å². The van der Waals surface area contributed by atoms with Crippen LogP contribution in [0, 0.1) is 0 Å². The maximum absolute atomic E-state index is 3.10. The van der Waals surface area contributed by atoms with Gasteiger partial charge in [0.25, 0.3) is 0 Å². The van der Waals surface area contributed by atoms with Gasteiger partial charge in [0, 0.05) is 5.92 Å². The van der Waals surface area contributed by atoms with Gasteiger partial charge < -0.3 is 0 Å². The number of rotatable bonds is 2. The molecule has 0 fully saturated rings. The molecule has 2 atom stereocenters. The van der Waals surface area contributed by atoms with E-state index in [0.29, 0.717) is 5.92 Å². The molecule has 2 aromatic rings. The number of allylic oxidation sites excluding steroid dienone is 4. The zero-order valence-electron chi connectivity index (χ0n) is 23.8. The van der Waals surface area contributed by atoms with E-state index in [9.17, 15) is 0 Å². The van der Waals surface area contributed by atoms with Gasteiger partial charge in [-0.05, 0) is 65.9 Å². The smallest absolute Gasteiger partial charge is 0.0278 e. The van der Waals surface area contributed by atoms with E-state index in [1.54, 1.807) is 0 Å². The van der Waals surface area contributed by atoms with Crippen LogP contribution in [0.2, 0.25) is 0 Å². The summed E-state index contributed by atoms with van der Waals surface area (Å²) >= 11 is 0. The zero-order chi connectivity index (χ0) is 25.9. The number of benzene rings is 2. The first-order chi connectivity index (χ1) is 15.3. The highest BCUT2D eigenvalue weighted by Crippen LogP contribution is 2.45. The van der Waals surface area contributed by atoms with Crippen LogP contribution in [0.5, 0.6) is 0 Å². The van der Waals surface area contributed by atoms with Crippen molar-refractivity contribution in [3.8, 4) is 0 Å². The van der Waals surface area contributed by atoms with Gasteiger partial charge in [-0.15, -0.1) is 9.24 Å². The van der Waals surface area contributed by atoms with E-state index in [4.69, 9.17) is 0 Å². The first-order valence-electron chi connectivity index (χ1n) is 12.8. The molecule has 0 N–H and O–H groups in total. The molecular weight excluding hydrogens is 427 g/mol. The molecule has 0 aromatic heterocycles. The Kier molecular flexibility index (Phi) is 6.96. The summed E-state index contributed by atoms with van der Waals surface area (Å²) in [4.78, 5) is 0. The second kappa shape index (κ2) is 8.78. The second-order valence-electron chi connectivity index (χ2n) is 14.3. The molecule has 1 heteroatoms. The highest BCUT2D eigenvalue weighted by Gasteiger charge is 2.27. The Labute approximate surface area is 212 Å². The normalized spacial score (nSPS) is 17.6. The molecular formula is C33H47P. The van der Waals surface area contributed by atoms with Crippen molar-refractivity contribution in [2.75, 3.05) is 0 Å². The Bertz CT molecular complexity index is 1060. The summed E-state index contributed by atoms with van der Waals surface area (Å²) in [7, 11) is 3.10. The van der Waals surface area contributed by atoms with Crippen LogP contribution < -0.4 is 0 Å². The van der Waals surface area contributed by atoms with Crippen LogP contribution >= 0.6 is 9.24 Å². The largest absolute Gasteiger partial charge is 0.108 e. The molecule has 184 valence electrons. The average Bonchev–Trinajstić information content (AvgIpc) is 3.06. The molecule has 1 aliphatic rings. The minimum atomic E-state index is 0.113. The summed E-state index contributed by atoms with van der Waals surface area (Å²) in [6.45, 7) is 27.8. The molecule has 0 aliphatic heterocycles. The maximum Gasteiger partial charge on any atom is 0.0278 e. The Morgan fingerprint density at radius 2 is 0.882 bits per heavy atom. The van der Waals surface area contributed by atoms with E-state index in [0.717, 1.165) is 0 Å². The minimum Gasteiger partial charge on any atom is -0.108 e. The van der Waals surface area contributed by atoms with Gasteiger partial charge in [0.2, 0.25) is 0 Å². The van der Waals surface area contributed by atoms with Crippen molar-refractivity contribution in [1.82, 2.24) is 0 Å². The molecule has 2 unspecified atom stereocenters. The fraction of sp³-hybridized carbons (Fsp3) is 0.515. The standard InChI is InChI=1S/C33H47P/c1-30(2,3)23-15-21(16-24(19-23)31(4,5)6)27-13-14-28(29(27)34)22-17-25(32(7,8)9)20-26(18-22)33(10,11)12/h13-20,27H,34H2,1-12H3. The molecule has 2 aromatic carbocycles. The Balaban J connectivity index is 2.17. The van der Waals surface area contributed by atoms with Gasteiger partial charge in [0.1, 0.15) is 0 Å². The van der Waals surface area contributed by atoms with Crippen LogP contribution in [0.1, 0.15) is 122 Å². The molecule has 0 heterocycles. The van der Waals surface area contributed by atoms with Gasteiger partial charge in [-0.3, -0.25) is 0 Å². The van der Waals surface area contributed by atoms with Crippen LogP contribution in [-0.2, 0) is 21.7 Å². The van der Waals surface area contributed by atoms with Crippen LogP contribution in [0.4, 0.5) is 0 Å². The summed E-state index contributed by atoms with van der Waals surface area (Å²) in [5, 5.41) is 1.37. The van der Waals surface area contributed by atoms with E-state index in [1.165, 1.54) is 44.3 Å². The Hall–Kier alpha value is -1.65. The highest BCUT2D eigenvalue weighted by atomic mass is 31.0. The monoisotopic (exact) mass is 474 g/mol. The van der Waals surface area contributed by atoms with Gasteiger partial charge in [0.05, 0.1) is 0 Å². The molecule has 0 spiro atoms. The van der Waals surface area contributed by atoms with Gasteiger partial charge in [-0.1, -0.05) is 132 Å². The lowest BCUT2D eigenvalue weighted by atomic mass is 9.78. The molecule has 0 radical (unpaired) electrons. The summed E-state index contributed by atoms with van der Waals surface area (Å²) in [6, 6.07) is 14.5. The summed E-state index contributed by atoms with van der Waals surface area (Å²) < 4.78 is 0. The predicted octanol–water partition coefficient (Wildman–Crippen LogP) is 9.82. The first kappa shape index (κ1) is 26.9. The van der Waals surface area contributed by atoms with E-state index in [1.807, 2.05) is 0 Å². The average molecular weight is 475 g/mol. The van der Waals surface area contributed by atoms with Crippen molar-refractivity contribution < 1.29 is 0 Å². The van der Waals surface area contributed by atoms with Crippen molar-refractivity contribution >= 4 is 14.8 Å². The molecule has 0 saturated carbocycles. The SMILES string of the molecule is CC(C)(C)c1cc(C2=C(P)C(c3cc(C(C)(C)C)cc(C(C)(C)C)c3)C=C2)cc(C(C)(C)C)c1. The Morgan fingerprint density at radius 3 is 1.24 bits per heavy atom. The number of hydrogen-bond donors (Lipinski definition) is 0. The zero-order valence-corrected chi connectivity index (χ0v) is 24.9. The molecule has 0 saturated heterocycles. The fourth-order valence-electron chi connectivity index (χ4n) is 4.46. The van der Waals surface area contributed by atoms with Crippen molar-refractivity contribution in [3.63, 3.8) is 0 Å². The van der Waals surface area contributed by atoms with E-state index in [-0.39, 0.29) is 21.7 Å². The van der Waals surface area contributed by atoms with Crippen molar-refractivity contribution in [2.24, 2.45) is 0 Å². The van der Waals surface area contributed by atoms with Crippen LogP contribution in [0.3, 0.4) is 0 Å². The van der Waals surface area contributed by atoms with Gasteiger partial charge in [-0.25, -0.2) is 0 Å². The summed E-state index contributed by atoms with van der Waals surface area (Å²) in [5.74, 6) is 0.291. The van der Waals surface area contributed by atoms with Crippen LogP contribution in [0.25, 0.3) is 5.57 Å². The highest BCUT2D eigenvalue weighted by molar-refractivity contribution is 7.23. The second-order valence-corrected chi connectivity index (χ2v) is 15.0. The van der Waals surface area contributed by atoms with Crippen molar-refractivity contribution in [1.29, 1.82) is 0 Å². The molecule has 1 aliphatic carbocycles. The molecule has 34 heavy (non-hydrogen) atoms. The first-order valence-corrected chi connectivity index (χ1v) is 13.4. The minimum absolute atomic E-state index is 0.113. The molecule has 0 nitrogen and oxygen atoms in total. The topological polar surface area (TPSA) is 0 Å². The molecule has 0 bridgehead atoms. The third-order valence-corrected chi connectivity index (χ3v) is 7.79. The van der Waals surface area contributed by atoms with E-state index >= 15 is 0 Å². The summed E-state index contributed by atoms with van der Waals surface area (Å²) in [5.41, 5.74) is 10.2. The quantitative estimate of drug-likeness (QED) is 0.380. The van der Waals surface area contributed by atoms with Crippen molar-refractivity contribution in [2.45, 2.75) is 111 Å². The van der Waals surface area contributed by atoms with E-state index in [2.05, 4.69) is 141 Å². The maximum atomic E-state index is 3.10. The van der Waals surface area contributed by atoms with Crippen molar-refractivity contribution in [3.05, 3.63) is 87.2 Å². The lowest BCUT2D eigenvalue weighted by Gasteiger charge is -2.28. The lowest BCUT2D eigenvalue weighted by Crippen LogP contribution is -2.17. The van der Waals surface area contributed by atoms with Crippen LogP contribution in [0.15, 0.2) is 53.9 Å².